The van der Waals surface area contributed by atoms with Crippen molar-refractivity contribution in [2.75, 3.05) is 31.5 Å². The second-order valence-electron chi connectivity index (χ2n) is 5.21. The highest BCUT2D eigenvalue weighted by Gasteiger charge is 2.38. The van der Waals surface area contributed by atoms with Crippen molar-refractivity contribution >= 4 is 30.8 Å². The first-order valence-electron chi connectivity index (χ1n) is 4.36. The molecule has 1 saturated heterocycles. The summed E-state index contributed by atoms with van der Waals surface area (Å²) in [6, 6.07) is 0. The molecule has 0 aromatic heterocycles. The van der Waals surface area contributed by atoms with E-state index in [0.29, 0.717) is 5.41 Å². The molecule has 1 aliphatic heterocycles. The van der Waals surface area contributed by atoms with Gasteiger partial charge in [0.15, 0.2) is 4.32 Å². The van der Waals surface area contributed by atoms with Crippen molar-refractivity contribution in [3.05, 3.63) is 0 Å². The Balaban J connectivity index is 0.00000144. The molecule has 0 nitrogen and oxygen atoms in total. The third-order valence-corrected chi connectivity index (χ3v) is 11.1. The van der Waals surface area contributed by atoms with Crippen molar-refractivity contribution in [3.8, 4) is 0 Å². The number of hydrogen-bond acceptors (Lipinski definition) is 2. The Kier molecular flexibility index (Phi) is 5.51. The molecule has 0 saturated carbocycles. The Morgan fingerprint density at radius 3 is 1.77 bits per heavy atom. The molecule has 1 heterocycles. The largest absolute Gasteiger partial charge is 1.00 e. The van der Waals surface area contributed by atoms with Gasteiger partial charge in [0.05, 0.1) is 20.0 Å². The maximum absolute atomic E-state index is 2.45. The standard InChI is InChI=1S/C9H20PS2.ClH/c1-9(2)6-11-8(12-7-9)10(3,4)5;/h8H,6-7H2,1-5H3;1H/q+1;/p-1. The van der Waals surface area contributed by atoms with Crippen LogP contribution >= 0.6 is 30.8 Å². The lowest BCUT2D eigenvalue weighted by Crippen LogP contribution is -3.00. The van der Waals surface area contributed by atoms with E-state index in [4.69, 9.17) is 0 Å². The third kappa shape index (κ3) is 4.64. The third-order valence-electron chi connectivity index (χ3n) is 1.87. The van der Waals surface area contributed by atoms with Crippen LogP contribution in [0.25, 0.3) is 0 Å². The maximum Gasteiger partial charge on any atom is 0.158 e. The van der Waals surface area contributed by atoms with Crippen LogP contribution in [0.5, 0.6) is 0 Å². The van der Waals surface area contributed by atoms with E-state index in [1.54, 1.807) is 0 Å². The molecule has 0 aromatic rings. The Labute approximate surface area is 98.1 Å². The molecule has 13 heavy (non-hydrogen) atoms. The van der Waals surface area contributed by atoms with E-state index in [9.17, 15) is 0 Å². The topological polar surface area (TPSA) is 0 Å². The average molecular weight is 259 g/mol. The molecule has 0 spiro atoms. The van der Waals surface area contributed by atoms with Gasteiger partial charge >= 0.3 is 0 Å². The molecule has 0 N–H and O–H groups in total. The van der Waals surface area contributed by atoms with Gasteiger partial charge in [-0.2, -0.15) is 0 Å². The first-order valence-corrected chi connectivity index (χ1v) is 9.65. The molecule has 1 fully saturated rings. The summed E-state index contributed by atoms with van der Waals surface area (Å²) in [5.74, 6) is 2.70. The van der Waals surface area contributed by atoms with Crippen molar-refractivity contribution in [1.29, 1.82) is 0 Å². The zero-order valence-corrected chi connectivity index (χ0v) is 12.4. The summed E-state index contributed by atoms with van der Waals surface area (Å²) in [6.07, 6.45) is 0. The van der Waals surface area contributed by atoms with Gasteiger partial charge in [-0.05, 0) is 5.41 Å². The molecule has 0 radical (unpaired) electrons. The van der Waals surface area contributed by atoms with Crippen molar-refractivity contribution < 1.29 is 12.4 Å². The molecule has 4 heteroatoms. The van der Waals surface area contributed by atoms with Gasteiger partial charge in [0, 0.05) is 18.8 Å². The number of halogens is 1. The van der Waals surface area contributed by atoms with Crippen LogP contribution in [0.3, 0.4) is 0 Å². The Morgan fingerprint density at radius 1 is 1.08 bits per heavy atom. The Bertz CT molecular complexity index is 155. The average Bonchev–Trinajstić information content (AvgIpc) is 1.83. The summed E-state index contributed by atoms with van der Waals surface area (Å²) >= 11 is 4.38. The molecule has 0 aliphatic carbocycles. The van der Waals surface area contributed by atoms with Gasteiger partial charge in [-0.25, -0.2) is 0 Å². The van der Waals surface area contributed by atoms with E-state index in [1.165, 1.54) is 11.5 Å². The summed E-state index contributed by atoms with van der Waals surface area (Å²) in [5, 5.41) is 0. The highest BCUT2D eigenvalue weighted by molar-refractivity contribution is 8.26. The SMILES string of the molecule is CC1(C)CSC([P+](C)(C)C)SC1.[Cl-]. The summed E-state index contributed by atoms with van der Waals surface area (Å²) in [6.45, 7) is 12.1. The van der Waals surface area contributed by atoms with Crippen LogP contribution in [-0.2, 0) is 0 Å². The second kappa shape index (κ2) is 4.96. The quantitative estimate of drug-likeness (QED) is 0.635. The van der Waals surface area contributed by atoms with Crippen LogP contribution in [0.15, 0.2) is 0 Å². The first-order chi connectivity index (χ1) is 5.31. The van der Waals surface area contributed by atoms with E-state index in [-0.39, 0.29) is 12.4 Å². The minimum Gasteiger partial charge on any atom is -1.00 e. The first kappa shape index (κ1) is 14.4. The summed E-state index contributed by atoms with van der Waals surface area (Å²) in [7, 11) is -0.622. The monoisotopic (exact) mass is 258 g/mol. The van der Waals surface area contributed by atoms with E-state index >= 15 is 0 Å². The Morgan fingerprint density at radius 2 is 1.46 bits per heavy atom. The minimum atomic E-state index is -0.622. The van der Waals surface area contributed by atoms with Crippen LogP contribution in [0.2, 0.25) is 0 Å². The molecular weight excluding hydrogens is 239 g/mol. The van der Waals surface area contributed by atoms with Gasteiger partial charge in [0.25, 0.3) is 0 Å². The van der Waals surface area contributed by atoms with E-state index in [1.807, 2.05) is 0 Å². The van der Waals surface area contributed by atoms with Crippen LogP contribution < -0.4 is 12.4 Å². The number of hydrogen-bond donors (Lipinski definition) is 0. The summed E-state index contributed by atoms with van der Waals surface area (Å²) in [4.78, 5) is 0. The maximum atomic E-state index is 2.45. The van der Waals surface area contributed by atoms with Gasteiger partial charge in [0.2, 0.25) is 0 Å². The smallest absolute Gasteiger partial charge is 0.158 e. The van der Waals surface area contributed by atoms with E-state index in [2.05, 4.69) is 57.4 Å². The van der Waals surface area contributed by atoms with Crippen LogP contribution in [0.4, 0.5) is 0 Å². The van der Waals surface area contributed by atoms with E-state index in [0.717, 1.165) is 4.32 Å². The van der Waals surface area contributed by atoms with E-state index < -0.39 is 7.26 Å². The predicted molar refractivity (Wildman–Crippen MR) is 67.2 cm³/mol. The lowest BCUT2D eigenvalue weighted by molar-refractivity contribution is -0.00000331. The molecule has 80 valence electrons. The fourth-order valence-corrected chi connectivity index (χ4v) is 7.47. The molecule has 0 atom stereocenters. The molecule has 0 bridgehead atoms. The predicted octanol–water partition coefficient (Wildman–Crippen LogP) is 0.687. The fraction of sp³-hybridized carbons (Fsp3) is 1.00. The van der Waals surface area contributed by atoms with Gasteiger partial charge in [-0.1, -0.05) is 13.8 Å². The lowest BCUT2D eigenvalue weighted by Gasteiger charge is -2.35. The van der Waals surface area contributed by atoms with Crippen molar-refractivity contribution in [3.63, 3.8) is 0 Å². The van der Waals surface area contributed by atoms with Gasteiger partial charge in [-0.15, -0.1) is 23.5 Å². The minimum absolute atomic E-state index is 0. The summed E-state index contributed by atoms with van der Waals surface area (Å²) < 4.78 is 0.908. The van der Waals surface area contributed by atoms with Crippen LogP contribution in [0.1, 0.15) is 13.8 Å². The number of rotatable bonds is 1. The normalized spacial score (nSPS) is 23.8. The highest BCUT2D eigenvalue weighted by atomic mass is 35.5. The molecule has 0 amide bonds. The lowest BCUT2D eigenvalue weighted by atomic mass is 10.0. The molecular formula is C9H20ClPS2. The van der Waals surface area contributed by atoms with Crippen LogP contribution in [0, 0.1) is 5.41 Å². The molecule has 1 rings (SSSR count). The highest BCUT2D eigenvalue weighted by Crippen LogP contribution is 2.63. The molecule has 0 aromatic carbocycles. The van der Waals surface area contributed by atoms with Gasteiger partial charge < -0.3 is 12.4 Å². The fourth-order valence-electron chi connectivity index (χ4n) is 1.13. The summed E-state index contributed by atoms with van der Waals surface area (Å²) in [5.41, 5.74) is 0.570. The van der Waals surface area contributed by atoms with Gasteiger partial charge in [-0.3, -0.25) is 0 Å². The van der Waals surface area contributed by atoms with Crippen molar-refractivity contribution in [2.45, 2.75) is 18.2 Å². The number of thioether (sulfide) groups is 2. The van der Waals surface area contributed by atoms with Crippen molar-refractivity contribution in [2.24, 2.45) is 5.41 Å². The van der Waals surface area contributed by atoms with Crippen LogP contribution in [-0.4, -0.2) is 35.8 Å². The Hall–Kier alpha value is 1.42. The second-order valence-corrected chi connectivity index (χ2v) is 13.1. The van der Waals surface area contributed by atoms with Crippen molar-refractivity contribution in [1.82, 2.24) is 0 Å². The zero-order chi connectivity index (χ0) is 9.41. The molecule has 0 unspecified atom stereocenters. The molecule has 1 aliphatic rings. The van der Waals surface area contributed by atoms with Gasteiger partial charge in [0.1, 0.15) is 0 Å². The zero-order valence-electron chi connectivity index (χ0n) is 9.13.